The molecule has 0 aliphatic carbocycles. The number of Topliss-reactive ketones (excluding diaryl/α,β-unsaturated/α-hetero) is 1. The molecule has 6 heteroatoms. The van der Waals surface area contributed by atoms with Gasteiger partial charge in [-0.25, -0.2) is 0 Å². The normalized spacial score (nSPS) is 10.1. The lowest BCUT2D eigenvalue weighted by molar-refractivity contribution is -0.118. The number of hydrogen-bond donors (Lipinski definition) is 1. The highest BCUT2D eigenvalue weighted by molar-refractivity contribution is 6.30. The first kappa shape index (κ1) is 16.3. The first-order chi connectivity index (χ1) is 10.6. The van der Waals surface area contributed by atoms with Crippen molar-refractivity contribution in [2.24, 2.45) is 0 Å². The van der Waals surface area contributed by atoms with Crippen LogP contribution in [0.3, 0.4) is 0 Å². The molecule has 0 aliphatic rings. The number of ether oxygens (including phenoxy) is 1. The first-order valence-electron chi connectivity index (χ1n) is 6.46. The van der Waals surface area contributed by atoms with E-state index in [9.17, 15) is 9.59 Å². The molecule has 0 aromatic heterocycles. The molecular formula is C16H13Cl2NO3. The Hall–Kier alpha value is -2.04. The number of nitrogens with one attached hydrogen (secondary N) is 1. The molecule has 0 saturated heterocycles. The SMILES string of the molecule is O=C(COc1cccc(Cl)c1)Nc1ccc(C(=O)CCl)cc1. The second-order valence-electron chi connectivity index (χ2n) is 4.43. The van der Waals surface area contributed by atoms with Crippen LogP contribution in [0.5, 0.6) is 5.75 Å². The lowest BCUT2D eigenvalue weighted by Crippen LogP contribution is -2.20. The van der Waals surface area contributed by atoms with Gasteiger partial charge in [-0.3, -0.25) is 9.59 Å². The Morgan fingerprint density at radius 2 is 1.82 bits per heavy atom. The largest absolute Gasteiger partial charge is 0.484 e. The quantitative estimate of drug-likeness (QED) is 0.644. The van der Waals surface area contributed by atoms with Gasteiger partial charge in [0, 0.05) is 16.3 Å². The van der Waals surface area contributed by atoms with E-state index in [1.54, 1.807) is 48.5 Å². The second kappa shape index (κ2) is 7.82. The fraction of sp³-hybridized carbons (Fsp3) is 0.125. The summed E-state index contributed by atoms with van der Waals surface area (Å²) >= 11 is 11.3. The number of hydrogen-bond acceptors (Lipinski definition) is 3. The van der Waals surface area contributed by atoms with Crippen LogP contribution in [0.1, 0.15) is 10.4 Å². The molecular weight excluding hydrogens is 325 g/mol. The fourth-order valence-electron chi connectivity index (χ4n) is 1.72. The van der Waals surface area contributed by atoms with Crippen molar-refractivity contribution in [3.8, 4) is 5.75 Å². The summed E-state index contributed by atoms with van der Waals surface area (Å²) in [5.74, 6) is -0.0231. The van der Waals surface area contributed by atoms with Gasteiger partial charge in [0.05, 0.1) is 5.88 Å². The summed E-state index contributed by atoms with van der Waals surface area (Å²) in [6, 6.07) is 13.3. The molecule has 0 bridgehead atoms. The summed E-state index contributed by atoms with van der Waals surface area (Å²) in [5.41, 5.74) is 1.08. The minimum atomic E-state index is -0.309. The summed E-state index contributed by atoms with van der Waals surface area (Å²) in [6.45, 7) is -0.136. The maximum Gasteiger partial charge on any atom is 0.262 e. The van der Waals surface area contributed by atoms with Crippen molar-refractivity contribution < 1.29 is 14.3 Å². The van der Waals surface area contributed by atoms with Gasteiger partial charge < -0.3 is 10.1 Å². The van der Waals surface area contributed by atoms with Crippen LogP contribution in [0.25, 0.3) is 0 Å². The average Bonchev–Trinajstić information content (AvgIpc) is 2.53. The highest BCUT2D eigenvalue weighted by atomic mass is 35.5. The first-order valence-corrected chi connectivity index (χ1v) is 7.37. The number of benzene rings is 2. The minimum absolute atomic E-state index is 0.0703. The zero-order chi connectivity index (χ0) is 15.9. The van der Waals surface area contributed by atoms with Gasteiger partial charge in [-0.15, -0.1) is 11.6 Å². The van der Waals surface area contributed by atoms with Gasteiger partial charge >= 0.3 is 0 Å². The Morgan fingerprint density at radius 3 is 2.45 bits per heavy atom. The van der Waals surface area contributed by atoms with Crippen LogP contribution in [-0.2, 0) is 4.79 Å². The number of ketones is 1. The van der Waals surface area contributed by atoms with Gasteiger partial charge in [-0.2, -0.15) is 0 Å². The van der Waals surface area contributed by atoms with E-state index in [0.29, 0.717) is 22.0 Å². The molecule has 0 saturated carbocycles. The van der Waals surface area contributed by atoms with Gasteiger partial charge in [0.25, 0.3) is 5.91 Å². The van der Waals surface area contributed by atoms with E-state index in [-0.39, 0.29) is 24.2 Å². The number of anilines is 1. The highest BCUT2D eigenvalue weighted by Crippen LogP contribution is 2.17. The Labute approximate surface area is 138 Å². The lowest BCUT2D eigenvalue weighted by Gasteiger charge is -2.08. The fourth-order valence-corrected chi connectivity index (χ4v) is 2.05. The van der Waals surface area contributed by atoms with E-state index in [1.807, 2.05) is 0 Å². The van der Waals surface area contributed by atoms with Crippen LogP contribution in [0.15, 0.2) is 48.5 Å². The van der Waals surface area contributed by atoms with Crippen molar-refractivity contribution in [3.05, 3.63) is 59.1 Å². The number of carbonyl (C=O) groups excluding carboxylic acids is 2. The van der Waals surface area contributed by atoms with E-state index in [2.05, 4.69) is 5.32 Å². The predicted molar refractivity (Wildman–Crippen MR) is 87.1 cm³/mol. The summed E-state index contributed by atoms with van der Waals surface area (Å²) in [4.78, 5) is 23.2. The van der Waals surface area contributed by atoms with Crippen LogP contribution in [0.2, 0.25) is 5.02 Å². The molecule has 0 heterocycles. The number of carbonyl (C=O) groups is 2. The van der Waals surface area contributed by atoms with Gasteiger partial charge in [0.1, 0.15) is 5.75 Å². The summed E-state index contributed by atoms with van der Waals surface area (Å²) < 4.78 is 5.33. The minimum Gasteiger partial charge on any atom is -0.484 e. The molecule has 2 aromatic rings. The van der Waals surface area contributed by atoms with Crippen LogP contribution >= 0.6 is 23.2 Å². The third-order valence-corrected chi connectivity index (χ3v) is 3.26. The standard InChI is InChI=1S/C16H13Cl2NO3/c17-9-15(20)11-4-6-13(7-5-11)19-16(21)10-22-14-3-1-2-12(18)8-14/h1-8H,9-10H2,(H,19,21). The smallest absolute Gasteiger partial charge is 0.262 e. The number of halogens is 2. The van der Waals surface area contributed by atoms with Crippen molar-refractivity contribution >= 4 is 40.6 Å². The number of rotatable bonds is 6. The van der Waals surface area contributed by atoms with Gasteiger partial charge in [-0.05, 0) is 42.5 Å². The van der Waals surface area contributed by atoms with E-state index in [0.717, 1.165) is 0 Å². The van der Waals surface area contributed by atoms with Crippen molar-refractivity contribution in [1.82, 2.24) is 0 Å². The van der Waals surface area contributed by atoms with Crippen molar-refractivity contribution in [2.45, 2.75) is 0 Å². The van der Waals surface area contributed by atoms with Gasteiger partial charge in [0.2, 0.25) is 0 Å². The molecule has 0 atom stereocenters. The number of alkyl halides is 1. The Kier molecular flexibility index (Phi) is 5.81. The monoisotopic (exact) mass is 337 g/mol. The van der Waals surface area contributed by atoms with E-state index < -0.39 is 0 Å². The molecule has 1 N–H and O–H groups in total. The molecule has 0 unspecified atom stereocenters. The average molecular weight is 338 g/mol. The third kappa shape index (κ3) is 4.76. The molecule has 2 aromatic carbocycles. The van der Waals surface area contributed by atoms with Crippen molar-refractivity contribution in [1.29, 1.82) is 0 Å². The van der Waals surface area contributed by atoms with E-state index >= 15 is 0 Å². The third-order valence-electron chi connectivity index (χ3n) is 2.78. The maximum atomic E-state index is 11.8. The lowest BCUT2D eigenvalue weighted by atomic mass is 10.1. The van der Waals surface area contributed by atoms with E-state index in [1.165, 1.54) is 0 Å². The molecule has 114 valence electrons. The summed E-state index contributed by atoms with van der Waals surface area (Å²) in [6.07, 6.45) is 0. The predicted octanol–water partition coefficient (Wildman–Crippen LogP) is 3.78. The molecule has 0 radical (unpaired) electrons. The van der Waals surface area contributed by atoms with Crippen molar-refractivity contribution in [3.63, 3.8) is 0 Å². The van der Waals surface area contributed by atoms with Crippen LogP contribution < -0.4 is 10.1 Å². The molecule has 4 nitrogen and oxygen atoms in total. The highest BCUT2D eigenvalue weighted by Gasteiger charge is 2.06. The van der Waals surface area contributed by atoms with Crippen molar-refractivity contribution in [2.75, 3.05) is 17.8 Å². The Bertz CT molecular complexity index is 671. The second-order valence-corrected chi connectivity index (χ2v) is 5.13. The van der Waals surface area contributed by atoms with Gasteiger partial charge in [-0.1, -0.05) is 17.7 Å². The number of amides is 1. The molecule has 22 heavy (non-hydrogen) atoms. The van der Waals surface area contributed by atoms with Gasteiger partial charge in [0.15, 0.2) is 12.4 Å². The van der Waals surface area contributed by atoms with Crippen LogP contribution in [-0.4, -0.2) is 24.2 Å². The Balaban J connectivity index is 1.88. The topological polar surface area (TPSA) is 55.4 Å². The summed E-state index contributed by atoms with van der Waals surface area (Å²) in [7, 11) is 0. The molecule has 2 rings (SSSR count). The Morgan fingerprint density at radius 1 is 1.09 bits per heavy atom. The maximum absolute atomic E-state index is 11.8. The van der Waals surface area contributed by atoms with E-state index in [4.69, 9.17) is 27.9 Å². The van der Waals surface area contributed by atoms with Crippen LogP contribution in [0.4, 0.5) is 5.69 Å². The summed E-state index contributed by atoms with van der Waals surface area (Å²) in [5, 5.41) is 3.21. The molecule has 1 amide bonds. The molecule has 0 aliphatic heterocycles. The zero-order valence-electron chi connectivity index (χ0n) is 11.5. The molecule has 0 spiro atoms. The zero-order valence-corrected chi connectivity index (χ0v) is 13.0. The van der Waals surface area contributed by atoms with Crippen LogP contribution in [0, 0.1) is 0 Å². The molecule has 0 fully saturated rings.